The van der Waals surface area contributed by atoms with Crippen molar-refractivity contribution < 1.29 is 27.5 Å². The number of amides is 1. The number of rotatable bonds is 4. The van der Waals surface area contributed by atoms with Gasteiger partial charge in [-0.2, -0.15) is 13.2 Å². The summed E-state index contributed by atoms with van der Waals surface area (Å²) in [5, 5.41) is 2.56. The van der Waals surface area contributed by atoms with Gasteiger partial charge in [-0.05, 0) is 50.6 Å². The number of nitrogens with zero attached hydrogens (tertiary/aromatic N) is 1. The Morgan fingerprint density at radius 3 is 2.37 bits per heavy atom. The Kier molecular flexibility index (Phi) is 5.88. The number of nitrogens with one attached hydrogen (secondary N) is 1. The van der Waals surface area contributed by atoms with Crippen molar-refractivity contribution in [1.29, 1.82) is 0 Å². The first kappa shape index (κ1) is 20.4. The van der Waals surface area contributed by atoms with Gasteiger partial charge in [0.2, 0.25) is 0 Å². The summed E-state index contributed by atoms with van der Waals surface area (Å²) in [5.41, 5.74) is -1.89. The number of hydrogen-bond donors (Lipinski definition) is 1. The van der Waals surface area contributed by atoms with Gasteiger partial charge < -0.3 is 10.1 Å². The van der Waals surface area contributed by atoms with Crippen molar-refractivity contribution in [3.05, 3.63) is 65.0 Å². The molecule has 0 aliphatic rings. The molecule has 0 atom stereocenters. The lowest BCUT2D eigenvalue weighted by molar-refractivity contribution is -0.137. The van der Waals surface area contributed by atoms with Crippen molar-refractivity contribution in [2.75, 3.05) is 0 Å². The molecule has 1 aromatic heterocycles. The third kappa shape index (κ3) is 5.80. The number of benzene rings is 1. The fourth-order valence-corrected chi connectivity index (χ4v) is 2.20. The highest BCUT2D eigenvalue weighted by molar-refractivity contribution is 6.05. The van der Waals surface area contributed by atoms with E-state index in [0.717, 1.165) is 12.1 Å². The number of pyridine rings is 1. The molecule has 0 aliphatic carbocycles. The molecule has 0 aliphatic heterocycles. The van der Waals surface area contributed by atoms with Crippen LogP contribution in [0.5, 0.6) is 0 Å². The Balaban J connectivity index is 2.33. The molecule has 1 amide bonds. The molecule has 5 nitrogen and oxygen atoms in total. The van der Waals surface area contributed by atoms with E-state index in [1.165, 1.54) is 0 Å². The number of alkyl halides is 3. The Morgan fingerprint density at radius 1 is 1.11 bits per heavy atom. The van der Waals surface area contributed by atoms with E-state index in [1.54, 1.807) is 45.3 Å². The maximum absolute atomic E-state index is 13.0. The summed E-state index contributed by atoms with van der Waals surface area (Å²) in [6.45, 7) is 4.86. The first-order valence-electron chi connectivity index (χ1n) is 8.09. The molecule has 2 aromatic rings. The smallest absolute Gasteiger partial charge is 0.416 e. The molecule has 0 fully saturated rings. The Bertz CT molecular complexity index is 828. The maximum Gasteiger partial charge on any atom is 0.416 e. The molecule has 0 spiro atoms. The van der Waals surface area contributed by atoms with Crippen LogP contribution in [0.3, 0.4) is 0 Å². The minimum absolute atomic E-state index is 0.113. The molecular formula is C19H19F3N2O3. The first-order chi connectivity index (χ1) is 12.5. The standard InChI is InChI=1S/C19H19F3N2O3/c1-18(2,3)27-17(26)15-9-13(19(20,21)22)6-7-14(15)16(25)24-11-12-5-4-8-23-10-12/h4-10H,11H2,1-3H3,(H,24,25). The number of ether oxygens (including phenoxy) is 1. The van der Waals surface area contributed by atoms with Gasteiger partial charge in [-0.1, -0.05) is 6.07 Å². The highest BCUT2D eigenvalue weighted by atomic mass is 19.4. The second kappa shape index (κ2) is 7.77. The summed E-state index contributed by atoms with van der Waals surface area (Å²) in [4.78, 5) is 28.7. The lowest BCUT2D eigenvalue weighted by atomic mass is 10.0. The number of aromatic nitrogens is 1. The highest BCUT2D eigenvalue weighted by Gasteiger charge is 2.33. The van der Waals surface area contributed by atoms with Crippen molar-refractivity contribution >= 4 is 11.9 Å². The van der Waals surface area contributed by atoms with Gasteiger partial charge in [0, 0.05) is 18.9 Å². The Morgan fingerprint density at radius 2 is 1.81 bits per heavy atom. The van der Waals surface area contributed by atoms with Crippen molar-refractivity contribution in [3.8, 4) is 0 Å². The highest BCUT2D eigenvalue weighted by Crippen LogP contribution is 2.31. The molecule has 0 saturated heterocycles. The summed E-state index contributed by atoms with van der Waals surface area (Å²) in [7, 11) is 0. The van der Waals surface area contributed by atoms with Crippen LogP contribution in [0.25, 0.3) is 0 Å². The van der Waals surface area contributed by atoms with E-state index in [0.29, 0.717) is 11.6 Å². The Hall–Kier alpha value is -2.90. The van der Waals surface area contributed by atoms with Gasteiger partial charge in [-0.15, -0.1) is 0 Å². The van der Waals surface area contributed by atoms with Crippen LogP contribution < -0.4 is 5.32 Å². The van der Waals surface area contributed by atoms with Gasteiger partial charge in [0.1, 0.15) is 5.60 Å². The second-order valence-electron chi connectivity index (χ2n) is 6.80. The zero-order chi connectivity index (χ0) is 20.2. The van der Waals surface area contributed by atoms with E-state index in [-0.39, 0.29) is 12.1 Å². The molecule has 0 bridgehead atoms. The minimum Gasteiger partial charge on any atom is -0.456 e. The average Bonchev–Trinajstić information content (AvgIpc) is 2.57. The molecule has 1 heterocycles. The van der Waals surface area contributed by atoms with E-state index in [2.05, 4.69) is 10.3 Å². The van der Waals surface area contributed by atoms with Crippen molar-refractivity contribution in [2.24, 2.45) is 0 Å². The summed E-state index contributed by atoms with van der Waals surface area (Å²) < 4.78 is 44.2. The van der Waals surface area contributed by atoms with Crippen LogP contribution >= 0.6 is 0 Å². The number of esters is 1. The number of carbonyl (C=O) groups excluding carboxylic acids is 2. The second-order valence-corrected chi connectivity index (χ2v) is 6.80. The van der Waals surface area contributed by atoms with Gasteiger partial charge in [0.05, 0.1) is 16.7 Å². The monoisotopic (exact) mass is 380 g/mol. The number of hydrogen-bond acceptors (Lipinski definition) is 4. The van der Waals surface area contributed by atoms with E-state index in [4.69, 9.17) is 4.74 Å². The molecule has 0 unspecified atom stereocenters. The minimum atomic E-state index is -4.65. The molecular weight excluding hydrogens is 361 g/mol. The normalized spacial score (nSPS) is 11.8. The van der Waals surface area contributed by atoms with Gasteiger partial charge in [-0.3, -0.25) is 9.78 Å². The topological polar surface area (TPSA) is 68.3 Å². The van der Waals surface area contributed by atoms with Crippen LogP contribution in [0.4, 0.5) is 13.2 Å². The summed E-state index contributed by atoms with van der Waals surface area (Å²) in [5.74, 6) is -1.69. The number of carbonyl (C=O) groups is 2. The summed E-state index contributed by atoms with van der Waals surface area (Å²) in [6.07, 6.45) is -1.54. The molecule has 0 saturated carbocycles. The molecule has 27 heavy (non-hydrogen) atoms. The zero-order valence-corrected chi connectivity index (χ0v) is 15.1. The maximum atomic E-state index is 13.0. The van der Waals surface area contributed by atoms with Gasteiger partial charge in [0.15, 0.2) is 0 Å². The van der Waals surface area contributed by atoms with Crippen molar-refractivity contribution in [2.45, 2.75) is 39.1 Å². The third-order valence-electron chi connectivity index (χ3n) is 3.39. The quantitative estimate of drug-likeness (QED) is 0.815. The molecule has 8 heteroatoms. The largest absolute Gasteiger partial charge is 0.456 e. The van der Waals surface area contributed by atoms with Gasteiger partial charge in [0.25, 0.3) is 5.91 Å². The molecule has 0 radical (unpaired) electrons. The van der Waals surface area contributed by atoms with Crippen LogP contribution in [-0.2, 0) is 17.5 Å². The molecule has 144 valence electrons. The van der Waals surface area contributed by atoms with E-state index in [1.807, 2.05) is 0 Å². The molecule has 2 rings (SSSR count). The predicted molar refractivity (Wildman–Crippen MR) is 92.0 cm³/mol. The van der Waals surface area contributed by atoms with E-state index in [9.17, 15) is 22.8 Å². The van der Waals surface area contributed by atoms with Crippen LogP contribution in [0.15, 0.2) is 42.7 Å². The average molecular weight is 380 g/mol. The van der Waals surface area contributed by atoms with Crippen molar-refractivity contribution in [3.63, 3.8) is 0 Å². The van der Waals surface area contributed by atoms with Gasteiger partial charge >= 0.3 is 12.1 Å². The third-order valence-corrected chi connectivity index (χ3v) is 3.39. The van der Waals surface area contributed by atoms with E-state index < -0.39 is 34.8 Å². The fourth-order valence-electron chi connectivity index (χ4n) is 2.20. The van der Waals surface area contributed by atoms with Crippen LogP contribution in [0.1, 0.15) is 52.6 Å². The molecule has 1 aromatic carbocycles. The summed E-state index contributed by atoms with van der Waals surface area (Å²) >= 11 is 0. The van der Waals surface area contributed by atoms with Gasteiger partial charge in [-0.25, -0.2) is 4.79 Å². The van der Waals surface area contributed by atoms with E-state index >= 15 is 0 Å². The predicted octanol–water partition coefficient (Wildman–Crippen LogP) is 3.99. The fraction of sp³-hybridized carbons (Fsp3) is 0.316. The van der Waals surface area contributed by atoms with Crippen molar-refractivity contribution in [1.82, 2.24) is 10.3 Å². The number of halogens is 3. The lowest BCUT2D eigenvalue weighted by Crippen LogP contribution is -2.29. The van der Waals surface area contributed by atoms with Crippen LogP contribution in [0.2, 0.25) is 0 Å². The Labute approximate surface area is 154 Å². The SMILES string of the molecule is CC(C)(C)OC(=O)c1cc(C(F)(F)F)ccc1C(=O)NCc1cccnc1. The van der Waals surface area contributed by atoms with Crippen LogP contribution in [-0.4, -0.2) is 22.5 Å². The first-order valence-corrected chi connectivity index (χ1v) is 8.09. The lowest BCUT2D eigenvalue weighted by Gasteiger charge is -2.21. The summed E-state index contributed by atoms with van der Waals surface area (Å²) in [6, 6.07) is 5.78. The van der Waals surface area contributed by atoms with Crippen LogP contribution in [0, 0.1) is 0 Å². The molecule has 1 N–H and O–H groups in total. The zero-order valence-electron chi connectivity index (χ0n) is 15.1.